The van der Waals surface area contributed by atoms with Crippen molar-refractivity contribution in [1.29, 1.82) is 0 Å². The van der Waals surface area contributed by atoms with Crippen LogP contribution < -0.4 is 11.1 Å². The Morgan fingerprint density at radius 3 is 2.45 bits per heavy atom. The maximum absolute atomic E-state index is 11.9. The molecule has 0 aliphatic heterocycles. The standard InChI is InChI=1S/C14H19ClN2O3/c1-14(2,3)11(16)7-12(18)17-10-5-4-8(13(19)20)6-9(10)15/h4-6,11H,7,16H2,1-3H3,(H,17,18)(H,19,20). The van der Waals surface area contributed by atoms with E-state index in [4.69, 9.17) is 22.4 Å². The summed E-state index contributed by atoms with van der Waals surface area (Å²) in [6, 6.07) is 3.86. The molecule has 5 nitrogen and oxygen atoms in total. The average molecular weight is 299 g/mol. The van der Waals surface area contributed by atoms with Gasteiger partial charge in [-0.1, -0.05) is 32.4 Å². The Morgan fingerprint density at radius 2 is 2.00 bits per heavy atom. The number of nitrogens with one attached hydrogen (secondary N) is 1. The van der Waals surface area contributed by atoms with Crippen LogP contribution in [-0.4, -0.2) is 23.0 Å². The molecule has 0 aliphatic carbocycles. The Morgan fingerprint density at radius 1 is 1.40 bits per heavy atom. The number of amides is 1. The second-order valence-electron chi connectivity index (χ2n) is 5.72. The van der Waals surface area contributed by atoms with Crippen molar-refractivity contribution in [3.05, 3.63) is 28.8 Å². The molecule has 0 bridgehead atoms. The predicted octanol–water partition coefficient (Wildman–Crippen LogP) is 2.74. The van der Waals surface area contributed by atoms with Crippen LogP contribution in [-0.2, 0) is 4.79 Å². The third kappa shape index (κ3) is 4.51. The number of carboxylic acids is 1. The molecule has 0 radical (unpaired) electrons. The Bertz CT molecular complexity index is 524. The highest BCUT2D eigenvalue weighted by Crippen LogP contribution is 2.24. The summed E-state index contributed by atoms with van der Waals surface area (Å²) < 4.78 is 0. The molecule has 1 amide bonds. The van der Waals surface area contributed by atoms with Gasteiger partial charge in [-0.2, -0.15) is 0 Å². The van der Waals surface area contributed by atoms with Gasteiger partial charge in [-0.25, -0.2) is 4.79 Å². The summed E-state index contributed by atoms with van der Waals surface area (Å²) in [5, 5.41) is 11.6. The zero-order chi connectivity index (χ0) is 15.5. The second-order valence-corrected chi connectivity index (χ2v) is 6.13. The third-order valence-corrected chi connectivity index (χ3v) is 3.32. The smallest absolute Gasteiger partial charge is 0.335 e. The van der Waals surface area contributed by atoms with E-state index in [1.54, 1.807) is 0 Å². The monoisotopic (exact) mass is 298 g/mol. The van der Waals surface area contributed by atoms with Gasteiger partial charge in [0.1, 0.15) is 0 Å². The molecular formula is C14H19ClN2O3. The Balaban J connectivity index is 2.74. The van der Waals surface area contributed by atoms with Crippen LogP contribution >= 0.6 is 11.6 Å². The SMILES string of the molecule is CC(C)(C)C(N)CC(=O)Nc1ccc(C(=O)O)cc1Cl. The molecule has 1 aromatic carbocycles. The molecule has 110 valence electrons. The van der Waals surface area contributed by atoms with Gasteiger partial charge in [-0.15, -0.1) is 0 Å². The molecular weight excluding hydrogens is 280 g/mol. The molecule has 0 spiro atoms. The zero-order valence-electron chi connectivity index (χ0n) is 11.7. The summed E-state index contributed by atoms with van der Waals surface area (Å²) in [6.07, 6.45) is 0.167. The molecule has 0 saturated heterocycles. The first-order valence-electron chi connectivity index (χ1n) is 6.19. The Kier molecular flexibility index (Phi) is 5.14. The van der Waals surface area contributed by atoms with Gasteiger partial charge in [0, 0.05) is 12.5 Å². The summed E-state index contributed by atoms with van der Waals surface area (Å²) >= 11 is 5.93. The molecule has 6 heteroatoms. The fraction of sp³-hybridized carbons (Fsp3) is 0.429. The van der Waals surface area contributed by atoms with Crippen LogP contribution in [0.5, 0.6) is 0 Å². The molecule has 0 aliphatic rings. The number of nitrogens with two attached hydrogens (primary N) is 1. The van der Waals surface area contributed by atoms with Gasteiger partial charge in [0.05, 0.1) is 16.3 Å². The number of rotatable bonds is 4. The average Bonchev–Trinajstić information content (AvgIpc) is 2.30. The number of carbonyl (C=O) groups is 2. The van der Waals surface area contributed by atoms with Gasteiger partial charge in [-0.3, -0.25) is 4.79 Å². The number of anilines is 1. The zero-order valence-corrected chi connectivity index (χ0v) is 12.5. The van der Waals surface area contributed by atoms with E-state index >= 15 is 0 Å². The summed E-state index contributed by atoms with van der Waals surface area (Å²) in [5.74, 6) is -1.32. The minimum atomic E-state index is -1.07. The van der Waals surface area contributed by atoms with Crippen LogP contribution in [0.2, 0.25) is 5.02 Å². The maximum atomic E-state index is 11.9. The molecule has 1 rings (SSSR count). The lowest BCUT2D eigenvalue weighted by Crippen LogP contribution is -2.38. The number of benzene rings is 1. The lowest BCUT2D eigenvalue weighted by atomic mass is 9.85. The van der Waals surface area contributed by atoms with Gasteiger partial charge in [0.25, 0.3) is 0 Å². The van der Waals surface area contributed by atoms with Crippen molar-refractivity contribution in [1.82, 2.24) is 0 Å². The van der Waals surface area contributed by atoms with Crippen LogP contribution in [0.15, 0.2) is 18.2 Å². The van der Waals surface area contributed by atoms with E-state index in [0.717, 1.165) is 0 Å². The second kappa shape index (κ2) is 6.24. The van der Waals surface area contributed by atoms with Crippen molar-refractivity contribution in [3.63, 3.8) is 0 Å². The summed E-state index contributed by atoms with van der Waals surface area (Å²) in [7, 11) is 0. The van der Waals surface area contributed by atoms with Crippen molar-refractivity contribution >= 4 is 29.2 Å². The van der Waals surface area contributed by atoms with Crippen LogP contribution in [0, 0.1) is 5.41 Å². The molecule has 0 heterocycles. The van der Waals surface area contributed by atoms with E-state index in [9.17, 15) is 9.59 Å². The van der Waals surface area contributed by atoms with E-state index in [1.807, 2.05) is 20.8 Å². The molecule has 4 N–H and O–H groups in total. The minimum Gasteiger partial charge on any atom is -0.478 e. The van der Waals surface area contributed by atoms with Gasteiger partial charge in [0.2, 0.25) is 5.91 Å². The molecule has 0 saturated carbocycles. The van der Waals surface area contributed by atoms with Crippen LogP contribution in [0.25, 0.3) is 0 Å². The highest BCUT2D eigenvalue weighted by atomic mass is 35.5. The van der Waals surface area contributed by atoms with E-state index in [-0.39, 0.29) is 34.4 Å². The first-order chi connectivity index (χ1) is 9.11. The Hall–Kier alpha value is -1.59. The number of carbonyl (C=O) groups excluding carboxylic acids is 1. The van der Waals surface area contributed by atoms with Gasteiger partial charge < -0.3 is 16.2 Å². The number of halogens is 1. The fourth-order valence-corrected chi connectivity index (χ4v) is 1.68. The van der Waals surface area contributed by atoms with Crippen molar-refractivity contribution in [2.45, 2.75) is 33.2 Å². The van der Waals surface area contributed by atoms with Crippen LogP contribution in [0.3, 0.4) is 0 Å². The van der Waals surface area contributed by atoms with Gasteiger partial charge in [0.15, 0.2) is 0 Å². The van der Waals surface area contributed by atoms with E-state index < -0.39 is 5.97 Å². The molecule has 1 aromatic rings. The topological polar surface area (TPSA) is 92.4 Å². The number of hydrogen-bond donors (Lipinski definition) is 3. The Labute approximate surface area is 123 Å². The van der Waals surface area contributed by atoms with Crippen molar-refractivity contribution < 1.29 is 14.7 Å². The lowest BCUT2D eigenvalue weighted by Gasteiger charge is -2.26. The van der Waals surface area contributed by atoms with E-state index in [2.05, 4.69) is 5.32 Å². The number of hydrogen-bond acceptors (Lipinski definition) is 3. The first-order valence-corrected chi connectivity index (χ1v) is 6.57. The first kappa shape index (κ1) is 16.5. The quantitative estimate of drug-likeness (QED) is 0.797. The molecule has 1 atom stereocenters. The van der Waals surface area contributed by atoms with Crippen molar-refractivity contribution in [2.24, 2.45) is 11.1 Å². The normalized spacial score (nSPS) is 12.8. The largest absolute Gasteiger partial charge is 0.478 e. The van der Waals surface area contributed by atoms with E-state index in [0.29, 0.717) is 5.69 Å². The number of carboxylic acid groups (broad SMARTS) is 1. The minimum absolute atomic E-state index is 0.0689. The van der Waals surface area contributed by atoms with Crippen molar-refractivity contribution in [2.75, 3.05) is 5.32 Å². The molecule has 0 fully saturated rings. The summed E-state index contributed by atoms with van der Waals surface area (Å²) in [5.41, 5.74) is 6.21. The third-order valence-electron chi connectivity index (χ3n) is 3.01. The van der Waals surface area contributed by atoms with E-state index in [1.165, 1.54) is 18.2 Å². The highest BCUT2D eigenvalue weighted by Gasteiger charge is 2.23. The fourth-order valence-electron chi connectivity index (χ4n) is 1.46. The molecule has 0 aromatic heterocycles. The molecule has 20 heavy (non-hydrogen) atoms. The predicted molar refractivity (Wildman–Crippen MR) is 79.1 cm³/mol. The molecule has 1 unspecified atom stereocenters. The van der Waals surface area contributed by atoms with Crippen molar-refractivity contribution in [3.8, 4) is 0 Å². The van der Waals surface area contributed by atoms with Crippen LogP contribution in [0.1, 0.15) is 37.6 Å². The van der Waals surface area contributed by atoms with Gasteiger partial charge in [-0.05, 0) is 23.6 Å². The maximum Gasteiger partial charge on any atom is 0.335 e. The summed E-state index contributed by atoms with van der Waals surface area (Å²) in [4.78, 5) is 22.7. The summed E-state index contributed by atoms with van der Waals surface area (Å²) in [6.45, 7) is 5.87. The number of aromatic carboxylic acids is 1. The van der Waals surface area contributed by atoms with Crippen LogP contribution in [0.4, 0.5) is 5.69 Å². The van der Waals surface area contributed by atoms with Gasteiger partial charge >= 0.3 is 5.97 Å². The lowest BCUT2D eigenvalue weighted by molar-refractivity contribution is -0.117. The highest BCUT2D eigenvalue weighted by molar-refractivity contribution is 6.34.